The number of nitrogens with one attached hydrogen (secondary N) is 1. The first-order valence-corrected chi connectivity index (χ1v) is 9.63. The van der Waals surface area contributed by atoms with Crippen molar-refractivity contribution in [3.63, 3.8) is 0 Å². The number of carbonyl (C=O) groups is 2. The molecule has 3 rings (SSSR count). The van der Waals surface area contributed by atoms with E-state index in [4.69, 9.17) is 0 Å². The second kappa shape index (κ2) is 7.72. The zero-order valence-electron chi connectivity index (χ0n) is 15.2. The minimum Gasteiger partial charge on any atom is -0.352 e. The van der Waals surface area contributed by atoms with E-state index < -0.39 is 0 Å². The predicted octanol–water partition coefficient (Wildman–Crippen LogP) is 1.51. The highest BCUT2D eigenvalue weighted by Crippen LogP contribution is 2.21. The molecule has 0 spiro atoms. The summed E-state index contributed by atoms with van der Waals surface area (Å²) in [5.41, 5.74) is 0. The number of carbonyl (C=O) groups excluding carboxylic acids is 2. The van der Waals surface area contributed by atoms with Crippen molar-refractivity contribution in [2.45, 2.75) is 58.0 Å². The van der Waals surface area contributed by atoms with Crippen molar-refractivity contribution >= 4 is 11.9 Å². The molecule has 1 unspecified atom stereocenters. The predicted molar refractivity (Wildman–Crippen MR) is 93.8 cm³/mol. The topological polar surface area (TPSA) is 55.9 Å². The van der Waals surface area contributed by atoms with Gasteiger partial charge < -0.3 is 15.1 Å². The van der Waals surface area contributed by atoms with Crippen molar-refractivity contribution in [2.75, 3.05) is 39.3 Å². The zero-order valence-corrected chi connectivity index (χ0v) is 15.2. The highest BCUT2D eigenvalue weighted by Gasteiger charge is 2.32. The smallest absolute Gasteiger partial charge is 0.319 e. The third-order valence-corrected chi connectivity index (χ3v) is 5.81. The van der Waals surface area contributed by atoms with Crippen molar-refractivity contribution in [2.24, 2.45) is 5.92 Å². The van der Waals surface area contributed by atoms with Crippen LogP contribution in [0.3, 0.4) is 0 Å². The number of hydrogen-bond acceptors (Lipinski definition) is 3. The Hall–Kier alpha value is -1.30. The SMILES string of the molecule is CC(C)N1CCC(NC(=O)C2CCN(C(=O)N3CCCC3)CC2)C1. The van der Waals surface area contributed by atoms with Crippen molar-refractivity contribution in [1.82, 2.24) is 20.0 Å². The van der Waals surface area contributed by atoms with E-state index in [2.05, 4.69) is 24.1 Å². The molecule has 3 amide bonds. The Balaban J connectivity index is 1.41. The fourth-order valence-electron chi connectivity index (χ4n) is 4.13. The van der Waals surface area contributed by atoms with Crippen LogP contribution in [0.4, 0.5) is 4.79 Å². The highest BCUT2D eigenvalue weighted by molar-refractivity contribution is 5.80. The van der Waals surface area contributed by atoms with Gasteiger partial charge in [0, 0.05) is 57.3 Å². The summed E-state index contributed by atoms with van der Waals surface area (Å²) in [7, 11) is 0. The van der Waals surface area contributed by atoms with E-state index in [1.54, 1.807) is 0 Å². The first kappa shape index (κ1) is 17.5. The molecule has 0 aliphatic carbocycles. The minimum absolute atomic E-state index is 0.0701. The standard InChI is InChI=1S/C18H32N4O2/c1-14(2)22-12-7-16(13-22)19-17(23)15-5-10-21(11-6-15)18(24)20-8-3-4-9-20/h14-16H,3-13H2,1-2H3,(H,19,23). The molecule has 0 radical (unpaired) electrons. The molecule has 0 aromatic heterocycles. The van der Waals surface area contributed by atoms with Crippen LogP contribution in [0.5, 0.6) is 0 Å². The molecular formula is C18H32N4O2. The van der Waals surface area contributed by atoms with E-state index in [1.165, 1.54) is 0 Å². The molecule has 3 saturated heterocycles. The van der Waals surface area contributed by atoms with Crippen LogP contribution in [0.15, 0.2) is 0 Å². The molecule has 0 bridgehead atoms. The van der Waals surface area contributed by atoms with Crippen LogP contribution in [-0.4, -0.2) is 78.0 Å². The van der Waals surface area contributed by atoms with Gasteiger partial charge in [-0.05, 0) is 46.0 Å². The molecule has 3 fully saturated rings. The van der Waals surface area contributed by atoms with E-state index in [-0.39, 0.29) is 17.9 Å². The average Bonchev–Trinajstić information content (AvgIpc) is 3.26. The molecule has 6 nitrogen and oxygen atoms in total. The van der Waals surface area contributed by atoms with Crippen molar-refractivity contribution in [1.29, 1.82) is 0 Å². The number of amides is 3. The Morgan fingerprint density at radius 2 is 1.54 bits per heavy atom. The summed E-state index contributed by atoms with van der Waals surface area (Å²) < 4.78 is 0. The molecule has 0 aromatic carbocycles. The third-order valence-electron chi connectivity index (χ3n) is 5.81. The van der Waals surface area contributed by atoms with Gasteiger partial charge in [0.25, 0.3) is 0 Å². The summed E-state index contributed by atoms with van der Waals surface area (Å²) in [5, 5.41) is 3.24. The summed E-state index contributed by atoms with van der Waals surface area (Å²) in [6.07, 6.45) is 4.90. The Labute approximate surface area is 145 Å². The van der Waals surface area contributed by atoms with E-state index >= 15 is 0 Å². The highest BCUT2D eigenvalue weighted by atomic mass is 16.2. The number of rotatable bonds is 3. The van der Waals surface area contributed by atoms with Crippen molar-refractivity contribution in [3.05, 3.63) is 0 Å². The van der Waals surface area contributed by atoms with E-state index in [0.717, 1.165) is 71.4 Å². The van der Waals surface area contributed by atoms with Gasteiger partial charge in [0.1, 0.15) is 0 Å². The molecule has 3 aliphatic heterocycles. The first-order chi connectivity index (χ1) is 11.5. The lowest BCUT2D eigenvalue weighted by molar-refractivity contribution is -0.126. The lowest BCUT2D eigenvalue weighted by Crippen LogP contribution is -2.49. The fraction of sp³-hybridized carbons (Fsp3) is 0.889. The van der Waals surface area contributed by atoms with Gasteiger partial charge >= 0.3 is 6.03 Å². The second-order valence-electron chi connectivity index (χ2n) is 7.82. The van der Waals surface area contributed by atoms with Crippen molar-refractivity contribution < 1.29 is 9.59 Å². The number of nitrogens with zero attached hydrogens (tertiary/aromatic N) is 3. The molecule has 0 saturated carbocycles. The van der Waals surface area contributed by atoms with Crippen LogP contribution >= 0.6 is 0 Å². The van der Waals surface area contributed by atoms with E-state index in [1.807, 2.05) is 9.80 Å². The molecule has 3 aliphatic rings. The van der Waals surface area contributed by atoms with Gasteiger partial charge in [-0.2, -0.15) is 0 Å². The van der Waals surface area contributed by atoms with Crippen LogP contribution in [0, 0.1) is 5.92 Å². The normalized spacial score (nSPS) is 26.4. The van der Waals surface area contributed by atoms with Crippen LogP contribution in [0.1, 0.15) is 46.0 Å². The quantitative estimate of drug-likeness (QED) is 0.850. The maximum absolute atomic E-state index is 12.5. The fourth-order valence-corrected chi connectivity index (χ4v) is 4.13. The largest absolute Gasteiger partial charge is 0.352 e. The zero-order chi connectivity index (χ0) is 17.1. The number of urea groups is 1. The summed E-state index contributed by atoms with van der Waals surface area (Å²) >= 11 is 0. The molecule has 6 heteroatoms. The molecule has 24 heavy (non-hydrogen) atoms. The minimum atomic E-state index is 0.0701. The summed E-state index contributed by atoms with van der Waals surface area (Å²) in [6, 6.07) is 1.02. The Morgan fingerprint density at radius 3 is 2.12 bits per heavy atom. The van der Waals surface area contributed by atoms with Gasteiger partial charge in [-0.1, -0.05) is 0 Å². The second-order valence-corrected chi connectivity index (χ2v) is 7.82. The van der Waals surface area contributed by atoms with E-state index in [0.29, 0.717) is 12.1 Å². The Kier molecular flexibility index (Phi) is 5.64. The number of piperidine rings is 1. The molecule has 136 valence electrons. The van der Waals surface area contributed by atoms with Gasteiger partial charge in [0.05, 0.1) is 0 Å². The average molecular weight is 336 g/mol. The maximum atomic E-state index is 12.5. The molecule has 1 atom stereocenters. The molecule has 0 aromatic rings. The Bertz CT molecular complexity index is 454. The number of likely N-dealkylation sites (tertiary alicyclic amines) is 3. The van der Waals surface area contributed by atoms with Gasteiger partial charge in [0.15, 0.2) is 0 Å². The first-order valence-electron chi connectivity index (χ1n) is 9.63. The van der Waals surface area contributed by atoms with Crippen LogP contribution in [0.25, 0.3) is 0 Å². The maximum Gasteiger partial charge on any atom is 0.319 e. The summed E-state index contributed by atoms with van der Waals surface area (Å²) in [5.74, 6) is 0.264. The van der Waals surface area contributed by atoms with Gasteiger partial charge in [-0.3, -0.25) is 9.69 Å². The molecule has 3 heterocycles. The van der Waals surface area contributed by atoms with E-state index in [9.17, 15) is 9.59 Å². The van der Waals surface area contributed by atoms with Crippen molar-refractivity contribution in [3.8, 4) is 0 Å². The lowest BCUT2D eigenvalue weighted by atomic mass is 9.95. The summed E-state index contributed by atoms with van der Waals surface area (Å²) in [4.78, 5) is 31.2. The molecule has 1 N–H and O–H groups in total. The molecular weight excluding hydrogens is 304 g/mol. The van der Waals surface area contributed by atoms with Crippen LogP contribution in [0.2, 0.25) is 0 Å². The van der Waals surface area contributed by atoms with Crippen LogP contribution in [-0.2, 0) is 4.79 Å². The number of hydrogen-bond donors (Lipinski definition) is 1. The van der Waals surface area contributed by atoms with Crippen LogP contribution < -0.4 is 5.32 Å². The Morgan fingerprint density at radius 1 is 0.917 bits per heavy atom. The summed E-state index contributed by atoms with van der Waals surface area (Å²) in [6.45, 7) is 9.68. The van der Waals surface area contributed by atoms with Gasteiger partial charge in [0.2, 0.25) is 5.91 Å². The van der Waals surface area contributed by atoms with Gasteiger partial charge in [-0.25, -0.2) is 4.79 Å². The third kappa shape index (κ3) is 4.02. The van der Waals surface area contributed by atoms with Gasteiger partial charge in [-0.15, -0.1) is 0 Å². The lowest BCUT2D eigenvalue weighted by Gasteiger charge is -2.34. The monoisotopic (exact) mass is 336 g/mol.